The Morgan fingerprint density at radius 2 is 2.00 bits per heavy atom. The molecule has 1 aliphatic rings. The highest BCUT2D eigenvalue weighted by Crippen LogP contribution is 2.17. The lowest BCUT2D eigenvalue weighted by Gasteiger charge is -2.07. The van der Waals surface area contributed by atoms with E-state index in [1.54, 1.807) is 0 Å². The van der Waals surface area contributed by atoms with Crippen LogP contribution in [0.4, 0.5) is 5.82 Å². The number of hydrogen-bond acceptors (Lipinski definition) is 4. The second-order valence-electron chi connectivity index (χ2n) is 4.62. The van der Waals surface area contributed by atoms with Gasteiger partial charge in [0.25, 0.3) is 0 Å². The number of nitrogens with one attached hydrogen (secondary N) is 2. The topological polar surface area (TPSA) is 49.8 Å². The van der Waals surface area contributed by atoms with Gasteiger partial charge < -0.3 is 10.6 Å². The van der Waals surface area contributed by atoms with Crippen molar-refractivity contribution in [3.63, 3.8) is 0 Å². The van der Waals surface area contributed by atoms with Gasteiger partial charge in [0.15, 0.2) is 0 Å². The van der Waals surface area contributed by atoms with Crippen molar-refractivity contribution in [3.8, 4) is 0 Å². The molecule has 4 nitrogen and oxygen atoms in total. The largest absolute Gasteiger partial charge is 0.365 e. The Labute approximate surface area is 106 Å². The third-order valence-corrected chi connectivity index (χ3v) is 3.17. The molecule has 92 valence electrons. The fourth-order valence-corrected chi connectivity index (χ4v) is 2.14. The molecule has 4 heteroatoms. The summed E-state index contributed by atoms with van der Waals surface area (Å²) in [5.41, 5.74) is 5.03. The minimum atomic E-state index is 0.783. The maximum atomic E-state index is 4.09. The van der Waals surface area contributed by atoms with Gasteiger partial charge >= 0.3 is 0 Å². The van der Waals surface area contributed by atoms with Gasteiger partial charge in [-0.15, -0.1) is 5.10 Å². The Bertz CT molecular complexity index is 548. The SMILES string of the molecule is Cc1ccc(NCc2ccc3c(c2)CNC3)nn1. The predicted molar refractivity (Wildman–Crippen MR) is 71.1 cm³/mol. The van der Waals surface area contributed by atoms with Gasteiger partial charge in [0.1, 0.15) is 5.82 Å². The van der Waals surface area contributed by atoms with Crippen molar-refractivity contribution in [3.05, 3.63) is 52.7 Å². The van der Waals surface area contributed by atoms with Crippen molar-refractivity contribution < 1.29 is 0 Å². The molecule has 0 saturated heterocycles. The number of aromatic nitrogens is 2. The van der Waals surface area contributed by atoms with Crippen LogP contribution in [0.2, 0.25) is 0 Å². The molecule has 0 bridgehead atoms. The fourth-order valence-electron chi connectivity index (χ4n) is 2.14. The smallest absolute Gasteiger partial charge is 0.148 e. The maximum Gasteiger partial charge on any atom is 0.148 e. The number of aryl methyl sites for hydroxylation is 1. The van der Waals surface area contributed by atoms with Crippen LogP contribution in [0.15, 0.2) is 30.3 Å². The van der Waals surface area contributed by atoms with E-state index in [1.807, 2.05) is 19.1 Å². The molecule has 0 radical (unpaired) electrons. The Morgan fingerprint density at radius 1 is 1.11 bits per heavy atom. The minimum Gasteiger partial charge on any atom is -0.365 e. The summed E-state index contributed by atoms with van der Waals surface area (Å²) in [7, 11) is 0. The zero-order chi connectivity index (χ0) is 12.4. The van der Waals surface area contributed by atoms with Gasteiger partial charge in [0.2, 0.25) is 0 Å². The van der Waals surface area contributed by atoms with Gasteiger partial charge in [-0.2, -0.15) is 5.10 Å². The molecule has 0 atom stereocenters. The number of anilines is 1. The number of hydrogen-bond donors (Lipinski definition) is 2. The van der Waals surface area contributed by atoms with Crippen LogP contribution in [0.25, 0.3) is 0 Å². The van der Waals surface area contributed by atoms with Crippen molar-refractivity contribution in [2.45, 2.75) is 26.6 Å². The third kappa shape index (κ3) is 2.33. The van der Waals surface area contributed by atoms with Crippen LogP contribution in [-0.4, -0.2) is 10.2 Å². The molecule has 0 spiro atoms. The van der Waals surface area contributed by atoms with Gasteiger partial charge in [0.05, 0.1) is 5.69 Å². The molecule has 0 aliphatic carbocycles. The van der Waals surface area contributed by atoms with Crippen molar-refractivity contribution in [1.82, 2.24) is 15.5 Å². The molecule has 2 N–H and O–H groups in total. The highest BCUT2D eigenvalue weighted by molar-refractivity contribution is 5.38. The molecule has 0 fully saturated rings. The summed E-state index contributed by atoms with van der Waals surface area (Å²) < 4.78 is 0. The van der Waals surface area contributed by atoms with Gasteiger partial charge in [-0.25, -0.2) is 0 Å². The fraction of sp³-hybridized carbons (Fsp3) is 0.286. The van der Waals surface area contributed by atoms with Crippen LogP contribution >= 0.6 is 0 Å². The Morgan fingerprint density at radius 3 is 2.83 bits per heavy atom. The van der Waals surface area contributed by atoms with Gasteiger partial charge in [-0.3, -0.25) is 0 Å². The zero-order valence-electron chi connectivity index (χ0n) is 10.4. The number of benzene rings is 1. The Kier molecular flexibility index (Phi) is 2.94. The molecule has 0 amide bonds. The third-order valence-electron chi connectivity index (χ3n) is 3.17. The molecule has 1 aromatic heterocycles. The zero-order valence-corrected chi connectivity index (χ0v) is 10.4. The second kappa shape index (κ2) is 4.74. The average molecular weight is 240 g/mol. The van der Waals surface area contributed by atoms with E-state index in [1.165, 1.54) is 16.7 Å². The van der Waals surface area contributed by atoms with Crippen molar-refractivity contribution in [1.29, 1.82) is 0 Å². The molecule has 0 unspecified atom stereocenters. The van der Waals surface area contributed by atoms with Crippen LogP contribution in [0.5, 0.6) is 0 Å². The molecular weight excluding hydrogens is 224 g/mol. The van der Waals surface area contributed by atoms with E-state index in [0.717, 1.165) is 31.1 Å². The molecular formula is C14H16N4. The Hall–Kier alpha value is -1.94. The van der Waals surface area contributed by atoms with Crippen LogP contribution in [-0.2, 0) is 19.6 Å². The van der Waals surface area contributed by atoms with Crippen LogP contribution in [0, 0.1) is 6.92 Å². The van der Waals surface area contributed by atoms with E-state index >= 15 is 0 Å². The first-order valence-corrected chi connectivity index (χ1v) is 6.17. The quantitative estimate of drug-likeness (QED) is 0.861. The molecule has 2 aromatic rings. The average Bonchev–Trinajstić information content (AvgIpc) is 2.85. The lowest BCUT2D eigenvalue weighted by Crippen LogP contribution is -2.03. The van der Waals surface area contributed by atoms with E-state index in [4.69, 9.17) is 0 Å². The molecule has 18 heavy (non-hydrogen) atoms. The van der Waals surface area contributed by atoms with Gasteiger partial charge in [-0.1, -0.05) is 18.2 Å². The summed E-state index contributed by atoms with van der Waals surface area (Å²) in [4.78, 5) is 0. The van der Waals surface area contributed by atoms with E-state index in [9.17, 15) is 0 Å². The molecule has 3 rings (SSSR count). The minimum absolute atomic E-state index is 0.783. The van der Waals surface area contributed by atoms with E-state index in [0.29, 0.717) is 0 Å². The Balaban J connectivity index is 1.68. The highest BCUT2D eigenvalue weighted by Gasteiger charge is 2.09. The van der Waals surface area contributed by atoms with Gasteiger partial charge in [0, 0.05) is 19.6 Å². The summed E-state index contributed by atoms with van der Waals surface area (Å²) in [5, 5.41) is 14.8. The first-order valence-electron chi connectivity index (χ1n) is 6.17. The molecule has 1 aliphatic heterocycles. The predicted octanol–water partition coefficient (Wildman–Crippen LogP) is 2.00. The standard InChI is InChI=1S/C14H16N4/c1-10-2-5-14(18-17-10)16-7-11-3-4-12-8-15-9-13(12)6-11/h2-6,15H,7-9H2,1H3,(H,16,18). The van der Waals surface area contributed by atoms with E-state index in [-0.39, 0.29) is 0 Å². The van der Waals surface area contributed by atoms with Crippen LogP contribution < -0.4 is 10.6 Å². The summed E-state index contributed by atoms with van der Waals surface area (Å²) in [5.74, 6) is 0.819. The van der Waals surface area contributed by atoms with E-state index < -0.39 is 0 Å². The lowest BCUT2D eigenvalue weighted by molar-refractivity contribution is 0.764. The normalized spacial score (nSPS) is 13.4. The monoisotopic (exact) mass is 240 g/mol. The van der Waals surface area contributed by atoms with Crippen molar-refractivity contribution in [2.75, 3.05) is 5.32 Å². The van der Waals surface area contributed by atoms with Crippen molar-refractivity contribution in [2.24, 2.45) is 0 Å². The summed E-state index contributed by atoms with van der Waals surface area (Å²) >= 11 is 0. The number of rotatable bonds is 3. The maximum absolute atomic E-state index is 4.09. The molecule has 0 saturated carbocycles. The second-order valence-corrected chi connectivity index (χ2v) is 4.62. The molecule has 2 heterocycles. The molecule has 1 aromatic carbocycles. The van der Waals surface area contributed by atoms with Crippen molar-refractivity contribution >= 4 is 5.82 Å². The highest BCUT2D eigenvalue weighted by atomic mass is 15.2. The van der Waals surface area contributed by atoms with Crippen LogP contribution in [0.3, 0.4) is 0 Å². The van der Waals surface area contributed by atoms with Crippen LogP contribution in [0.1, 0.15) is 22.4 Å². The number of nitrogens with zero attached hydrogens (tertiary/aromatic N) is 2. The first kappa shape index (κ1) is 11.2. The van der Waals surface area contributed by atoms with Gasteiger partial charge in [-0.05, 0) is 35.7 Å². The number of fused-ring (bicyclic) bond motifs is 1. The van der Waals surface area contributed by atoms with E-state index in [2.05, 4.69) is 39.0 Å². The summed E-state index contributed by atoms with van der Waals surface area (Å²) in [6, 6.07) is 10.5. The first-order chi connectivity index (χ1) is 8.81. The summed E-state index contributed by atoms with van der Waals surface area (Å²) in [6.45, 7) is 4.69. The lowest BCUT2D eigenvalue weighted by atomic mass is 10.1. The summed E-state index contributed by atoms with van der Waals surface area (Å²) in [6.07, 6.45) is 0.